The van der Waals surface area contributed by atoms with E-state index < -0.39 is 0 Å². The molecule has 166 valence electrons. The topological polar surface area (TPSA) is 48.9 Å². The number of nitrogens with zero attached hydrogens (tertiary/aromatic N) is 2. The summed E-state index contributed by atoms with van der Waals surface area (Å²) in [5, 5.41) is 7.10. The molecule has 1 saturated heterocycles. The monoisotopic (exact) mass is 508 g/mol. The maximum Gasteiger partial charge on any atom is 0.191 e. The van der Waals surface area contributed by atoms with Crippen molar-refractivity contribution < 1.29 is 4.74 Å². The predicted octanol–water partition coefficient (Wildman–Crippen LogP) is 4.41. The summed E-state index contributed by atoms with van der Waals surface area (Å²) in [6.07, 6.45) is 13.2. The maximum atomic E-state index is 6.00. The number of piperidine rings is 1. The summed E-state index contributed by atoms with van der Waals surface area (Å²) in [5.41, 5.74) is 0. The fourth-order valence-electron chi connectivity index (χ4n) is 4.26. The standard InChI is InChI=1S/C22H44N4O.HI/c1-19(2)18-26-15-12-20(13-16-26)25-22(23-3)24-14-8-5-9-17-27-21-10-6-4-7-11-21;/h19-21H,4-18H2,1-3H3,(H2,23,24,25);1H. The summed E-state index contributed by atoms with van der Waals surface area (Å²) in [5.74, 6) is 1.73. The first-order valence-corrected chi connectivity index (χ1v) is 11.5. The van der Waals surface area contributed by atoms with E-state index in [2.05, 4.69) is 34.4 Å². The lowest BCUT2D eigenvalue weighted by Crippen LogP contribution is -2.49. The van der Waals surface area contributed by atoms with Gasteiger partial charge < -0.3 is 20.3 Å². The van der Waals surface area contributed by atoms with Gasteiger partial charge >= 0.3 is 0 Å². The van der Waals surface area contributed by atoms with Gasteiger partial charge in [-0.2, -0.15) is 0 Å². The molecule has 1 heterocycles. The van der Waals surface area contributed by atoms with Crippen molar-refractivity contribution in [3.8, 4) is 0 Å². The van der Waals surface area contributed by atoms with Crippen LogP contribution in [0, 0.1) is 5.92 Å². The average molecular weight is 509 g/mol. The molecule has 0 aromatic rings. The van der Waals surface area contributed by atoms with Crippen LogP contribution in [0.2, 0.25) is 0 Å². The van der Waals surface area contributed by atoms with Crippen LogP contribution in [0.3, 0.4) is 0 Å². The molecular weight excluding hydrogens is 463 g/mol. The largest absolute Gasteiger partial charge is 0.378 e. The van der Waals surface area contributed by atoms with Crippen molar-refractivity contribution >= 4 is 29.9 Å². The van der Waals surface area contributed by atoms with Crippen molar-refractivity contribution in [2.24, 2.45) is 10.9 Å². The van der Waals surface area contributed by atoms with Crippen molar-refractivity contribution in [1.29, 1.82) is 0 Å². The number of likely N-dealkylation sites (tertiary alicyclic amines) is 1. The molecule has 1 aliphatic heterocycles. The van der Waals surface area contributed by atoms with Crippen molar-refractivity contribution in [3.63, 3.8) is 0 Å². The molecule has 2 aliphatic rings. The third kappa shape index (κ3) is 11.2. The van der Waals surface area contributed by atoms with Gasteiger partial charge in [0.2, 0.25) is 0 Å². The fraction of sp³-hybridized carbons (Fsp3) is 0.955. The van der Waals surface area contributed by atoms with E-state index in [1.54, 1.807) is 0 Å². The Morgan fingerprint density at radius 2 is 1.75 bits per heavy atom. The zero-order valence-corrected chi connectivity index (χ0v) is 20.9. The molecule has 2 rings (SSSR count). The quantitative estimate of drug-likeness (QED) is 0.199. The van der Waals surface area contributed by atoms with Gasteiger partial charge in [-0.3, -0.25) is 4.99 Å². The van der Waals surface area contributed by atoms with E-state index in [9.17, 15) is 0 Å². The van der Waals surface area contributed by atoms with Gasteiger partial charge in [0.15, 0.2) is 5.96 Å². The smallest absolute Gasteiger partial charge is 0.191 e. The van der Waals surface area contributed by atoms with E-state index in [0.717, 1.165) is 25.0 Å². The number of nitrogens with one attached hydrogen (secondary N) is 2. The molecule has 5 nitrogen and oxygen atoms in total. The first-order chi connectivity index (χ1) is 13.2. The van der Waals surface area contributed by atoms with Gasteiger partial charge in [-0.05, 0) is 50.9 Å². The lowest BCUT2D eigenvalue weighted by atomic mass is 9.98. The SMILES string of the molecule is CN=C(NCCCCCOC1CCCCC1)NC1CCN(CC(C)C)CC1.I. The molecule has 0 unspecified atom stereocenters. The molecule has 6 heteroatoms. The zero-order chi connectivity index (χ0) is 19.3. The van der Waals surface area contributed by atoms with Crippen LogP contribution >= 0.6 is 24.0 Å². The fourth-order valence-corrected chi connectivity index (χ4v) is 4.26. The third-order valence-electron chi connectivity index (χ3n) is 5.79. The van der Waals surface area contributed by atoms with Crippen LogP contribution in [0.25, 0.3) is 0 Å². The summed E-state index contributed by atoms with van der Waals surface area (Å²) < 4.78 is 6.00. The zero-order valence-electron chi connectivity index (χ0n) is 18.5. The van der Waals surface area contributed by atoms with Crippen LogP contribution in [0.5, 0.6) is 0 Å². The lowest BCUT2D eigenvalue weighted by molar-refractivity contribution is 0.0264. The minimum absolute atomic E-state index is 0. The number of unbranched alkanes of at least 4 members (excludes halogenated alkanes) is 2. The van der Waals surface area contributed by atoms with Crippen LogP contribution in [-0.4, -0.2) is 62.8 Å². The Morgan fingerprint density at radius 3 is 2.39 bits per heavy atom. The van der Waals surface area contributed by atoms with Gasteiger partial charge in [-0.1, -0.05) is 33.1 Å². The Labute approximate surface area is 190 Å². The van der Waals surface area contributed by atoms with Gasteiger partial charge in [-0.25, -0.2) is 0 Å². The van der Waals surface area contributed by atoms with Crippen LogP contribution in [0.1, 0.15) is 78.1 Å². The van der Waals surface area contributed by atoms with E-state index in [1.807, 2.05) is 7.05 Å². The second kappa shape index (κ2) is 15.7. The number of hydrogen-bond acceptors (Lipinski definition) is 3. The summed E-state index contributed by atoms with van der Waals surface area (Å²) in [4.78, 5) is 6.99. The Balaban J connectivity index is 0.00000392. The first-order valence-electron chi connectivity index (χ1n) is 11.5. The number of hydrogen-bond donors (Lipinski definition) is 2. The molecule has 2 fully saturated rings. The van der Waals surface area contributed by atoms with E-state index in [4.69, 9.17) is 4.74 Å². The Hall–Kier alpha value is -0.0800. The van der Waals surface area contributed by atoms with Gasteiger partial charge in [0, 0.05) is 45.9 Å². The highest BCUT2D eigenvalue weighted by molar-refractivity contribution is 14.0. The Morgan fingerprint density at radius 1 is 1.04 bits per heavy atom. The first kappa shape index (κ1) is 26.0. The van der Waals surface area contributed by atoms with Crippen molar-refractivity contribution in [3.05, 3.63) is 0 Å². The van der Waals surface area contributed by atoms with E-state index in [1.165, 1.54) is 83.8 Å². The van der Waals surface area contributed by atoms with Crippen LogP contribution in [-0.2, 0) is 4.74 Å². The minimum atomic E-state index is 0. The Bertz CT molecular complexity index is 405. The highest BCUT2D eigenvalue weighted by Gasteiger charge is 2.20. The van der Waals surface area contributed by atoms with Gasteiger partial charge in [-0.15, -0.1) is 24.0 Å². The number of guanidine groups is 1. The van der Waals surface area contributed by atoms with Crippen LogP contribution < -0.4 is 10.6 Å². The molecule has 0 radical (unpaired) electrons. The van der Waals surface area contributed by atoms with E-state index in [0.29, 0.717) is 12.1 Å². The minimum Gasteiger partial charge on any atom is -0.378 e. The highest BCUT2D eigenvalue weighted by Crippen LogP contribution is 2.20. The molecule has 28 heavy (non-hydrogen) atoms. The van der Waals surface area contributed by atoms with E-state index in [-0.39, 0.29) is 24.0 Å². The molecule has 0 aromatic heterocycles. The predicted molar refractivity (Wildman–Crippen MR) is 131 cm³/mol. The number of rotatable bonds is 10. The third-order valence-corrected chi connectivity index (χ3v) is 5.79. The summed E-state index contributed by atoms with van der Waals surface area (Å²) in [7, 11) is 1.88. The molecule has 0 spiro atoms. The van der Waals surface area contributed by atoms with Crippen molar-refractivity contribution in [1.82, 2.24) is 15.5 Å². The number of aliphatic imine (C=N–C) groups is 1. The van der Waals surface area contributed by atoms with Crippen molar-refractivity contribution in [2.75, 3.05) is 39.8 Å². The van der Waals surface area contributed by atoms with Gasteiger partial charge in [0.25, 0.3) is 0 Å². The average Bonchev–Trinajstić information content (AvgIpc) is 2.68. The molecule has 1 aliphatic carbocycles. The lowest BCUT2D eigenvalue weighted by Gasteiger charge is -2.34. The molecule has 0 atom stereocenters. The van der Waals surface area contributed by atoms with Gasteiger partial charge in [0.05, 0.1) is 6.10 Å². The second-order valence-corrected chi connectivity index (χ2v) is 8.80. The molecule has 0 aromatic carbocycles. The maximum absolute atomic E-state index is 6.00. The summed E-state index contributed by atoms with van der Waals surface area (Å²) in [6.45, 7) is 10.2. The van der Waals surface area contributed by atoms with E-state index >= 15 is 0 Å². The normalized spacial score (nSPS) is 20.2. The second-order valence-electron chi connectivity index (χ2n) is 8.80. The van der Waals surface area contributed by atoms with Gasteiger partial charge in [0.1, 0.15) is 0 Å². The van der Waals surface area contributed by atoms with Crippen LogP contribution in [0.4, 0.5) is 0 Å². The van der Waals surface area contributed by atoms with Crippen LogP contribution in [0.15, 0.2) is 4.99 Å². The molecular formula is C22H45IN4O. The molecule has 0 bridgehead atoms. The number of ether oxygens (including phenoxy) is 1. The molecule has 0 amide bonds. The highest BCUT2D eigenvalue weighted by atomic mass is 127. The van der Waals surface area contributed by atoms with Crippen molar-refractivity contribution in [2.45, 2.75) is 90.2 Å². The summed E-state index contributed by atoms with van der Waals surface area (Å²) >= 11 is 0. The number of halogens is 1. The molecule has 2 N–H and O–H groups in total. The summed E-state index contributed by atoms with van der Waals surface area (Å²) in [6, 6.07) is 0.559. The molecule has 1 saturated carbocycles. The Kier molecular flexibility index (Phi) is 14.6.